The van der Waals surface area contributed by atoms with Gasteiger partial charge in [-0.3, -0.25) is 19.5 Å². The molecule has 0 radical (unpaired) electrons. The average Bonchev–Trinajstić information content (AvgIpc) is 3.40. The molecule has 0 aliphatic heterocycles. The molecule has 0 bridgehead atoms. The largest absolute Gasteiger partial charge is 0.497 e. The van der Waals surface area contributed by atoms with Crippen molar-refractivity contribution < 1.29 is 23.8 Å². The number of ether oxygens (including phenoxy) is 3. The second kappa shape index (κ2) is 12.5. The predicted molar refractivity (Wildman–Crippen MR) is 150 cm³/mol. The van der Waals surface area contributed by atoms with Crippen molar-refractivity contribution in [2.24, 2.45) is 0 Å². The Kier molecular flexibility index (Phi) is 8.63. The number of aromatic nitrogens is 2. The Hall–Kier alpha value is -5.05. The van der Waals surface area contributed by atoms with E-state index in [1.807, 2.05) is 54.7 Å². The number of nitrogens with one attached hydrogen (secondary N) is 1. The minimum atomic E-state index is -0.411. The van der Waals surface area contributed by atoms with Crippen molar-refractivity contribution in [2.45, 2.75) is 0 Å². The van der Waals surface area contributed by atoms with Gasteiger partial charge in [-0.15, -0.1) is 6.58 Å². The summed E-state index contributed by atoms with van der Waals surface area (Å²) >= 11 is 0. The van der Waals surface area contributed by atoms with Crippen LogP contribution >= 0.6 is 0 Å². The highest BCUT2D eigenvalue weighted by atomic mass is 16.5. The second-order valence-corrected chi connectivity index (χ2v) is 8.50. The van der Waals surface area contributed by atoms with Gasteiger partial charge in [-0.2, -0.15) is 0 Å². The van der Waals surface area contributed by atoms with Gasteiger partial charge < -0.3 is 19.1 Å². The first-order chi connectivity index (χ1) is 18.9. The quantitative estimate of drug-likeness (QED) is 0.281. The maximum Gasteiger partial charge on any atom is 0.254 e. The van der Waals surface area contributed by atoms with E-state index in [-0.39, 0.29) is 19.0 Å². The lowest BCUT2D eigenvalue weighted by molar-refractivity contribution is -0.116. The lowest BCUT2D eigenvalue weighted by atomic mass is 10.1. The number of benzene rings is 3. The standard InChI is InChI=1S/C30H30N4O5/c1-5-16-33(29(36)22-9-7-11-26(18-22)39-4)20-28(35)32-30-31-27(21-8-6-10-25(17-21)38-3)19-34(30)23-12-14-24(37-2)15-13-23/h5-15,17-19H,1,16,20H2,2-4H3,(H,31,32,35). The van der Waals surface area contributed by atoms with E-state index in [2.05, 4.69) is 11.9 Å². The Morgan fingerprint density at radius 2 is 1.59 bits per heavy atom. The number of nitrogens with zero attached hydrogens (tertiary/aromatic N) is 3. The molecule has 1 aromatic heterocycles. The summed E-state index contributed by atoms with van der Waals surface area (Å²) in [6.07, 6.45) is 3.40. The van der Waals surface area contributed by atoms with Gasteiger partial charge in [0.1, 0.15) is 23.8 Å². The Bertz CT molecular complexity index is 1460. The van der Waals surface area contributed by atoms with E-state index < -0.39 is 5.91 Å². The summed E-state index contributed by atoms with van der Waals surface area (Å²) in [5.41, 5.74) is 2.63. The van der Waals surface area contributed by atoms with Crippen LogP contribution in [0.1, 0.15) is 10.4 Å². The topological polar surface area (TPSA) is 94.9 Å². The molecular formula is C30H30N4O5. The smallest absolute Gasteiger partial charge is 0.254 e. The van der Waals surface area contributed by atoms with E-state index in [1.54, 1.807) is 49.1 Å². The zero-order valence-corrected chi connectivity index (χ0v) is 22.1. The number of imidazole rings is 1. The molecule has 3 aromatic carbocycles. The van der Waals surface area contributed by atoms with Crippen LogP contribution in [0.2, 0.25) is 0 Å². The summed E-state index contributed by atoms with van der Waals surface area (Å²) in [6, 6.07) is 21.7. The first-order valence-electron chi connectivity index (χ1n) is 12.2. The molecule has 0 saturated carbocycles. The Balaban J connectivity index is 1.63. The maximum absolute atomic E-state index is 13.2. The number of rotatable bonds is 11. The van der Waals surface area contributed by atoms with Gasteiger partial charge in [0.2, 0.25) is 11.9 Å². The van der Waals surface area contributed by atoms with E-state index in [0.29, 0.717) is 34.5 Å². The molecule has 9 heteroatoms. The van der Waals surface area contributed by atoms with Gasteiger partial charge in [-0.1, -0.05) is 24.3 Å². The summed E-state index contributed by atoms with van der Waals surface area (Å²) in [5, 5.41) is 2.87. The molecule has 9 nitrogen and oxygen atoms in total. The van der Waals surface area contributed by atoms with Gasteiger partial charge in [0.05, 0.1) is 27.0 Å². The molecule has 4 rings (SSSR count). The molecule has 39 heavy (non-hydrogen) atoms. The summed E-state index contributed by atoms with van der Waals surface area (Å²) < 4.78 is 17.6. The van der Waals surface area contributed by atoms with Crippen LogP contribution in [0.15, 0.2) is 91.6 Å². The average molecular weight is 527 g/mol. The number of amides is 2. The Labute approximate surface area is 227 Å². The van der Waals surface area contributed by atoms with Gasteiger partial charge in [0.15, 0.2) is 0 Å². The van der Waals surface area contributed by atoms with E-state index in [4.69, 9.17) is 19.2 Å². The number of hydrogen-bond acceptors (Lipinski definition) is 6. The lowest BCUT2D eigenvalue weighted by Crippen LogP contribution is -2.38. The normalized spacial score (nSPS) is 10.4. The number of carbonyl (C=O) groups excluding carboxylic acids is 2. The van der Waals surface area contributed by atoms with Crippen LogP contribution in [0.4, 0.5) is 5.95 Å². The molecular weight excluding hydrogens is 496 g/mol. The van der Waals surface area contributed by atoms with Crippen LogP contribution in [0, 0.1) is 0 Å². The second-order valence-electron chi connectivity index (χ2n) is 8.50. The molecule has 0 fully saturated rings. The van der Waals surface area contributed by atoms with Crippen molar-refractivity contribution in [3.05, 3.63) is 97.2 Å². The molecule has 1 N–H and O–H groups in total. The van der Waals surface area contributed by atoms with E-state index in [1.165, 1.54) is 12.0 Å². The molecule has 0 unspecified atom stereocenters. The third-order valence-electron chi connectivity index (χ3n) is 5.96. The highest BCUT2D eigenvalue weighted by molar-refractivity contribution is 5.99. The fraction of sp³-hybridized carbons (Fsp3) is 0.167. The van der Waals surface area contributed by atoms with E-state index in [9.17, 15) is 9.59 Å². The Morgan fingerprint density at radius 3 is 2.26 bits per heavy atom. The van der Waals surface area contributed by atoms with Gasteiger partial charge >= 0.3 is 0 Å². The van der Waals surface area contributed by atoms with Crippen molar-refractivity contribution in [2.75, 3.05) is 39.7 Å². The van der Waals surface area contributed by atoms with Crippen molar-refractivity contribution in [3.8, 4) is 34.2 Å². The first-order valence-corrected chi connectivity index (χ1v) is 12.2. The van der Waals surface area contributed by atoms with Crippen molar-refractivity contribution >= 4 is 17.8 Å². The summed E-state index contributed by atoms with van der Waals surface area (Å²) in [4.78, 5) is 32.5. The fourth-order valence-electron chi connectivity index (χ4n) is 3.98. The lowest BCUT2D eigenvalue weighted by Gasteiger charge is -2.21. The molecule has 200 valence electrons. The maximum atomic E-state index is 13.2. The van der Waals surface area contributed by atoms with Crippen LogP contribution in [-0.4, -0.2) is 60.7 Å². The minimum Gasteiger partial charge on any atom is -0.497 e. The highest BCUT2D eigenvalue weighted by Gasteiger charge is 2.21. The fourth-order valence-corrected chi connectivity index (χ4v) is 3.98. The molecule has 0 atom stereocenters. The molecule has 0 aliphatic rings. The van der Waals surface area contributed by atoms with Crippen LogP contribution in [0.3, 0.4) is 0 Å². The SMILES string of the molecule is C=CCN(CC(=O)Nc1nc(-c2cccc(OC)c2)cn1-c1ccc(OC)cc1)C(=O)c1cccc(OC)c1. The minimum absolute atomic E-state index is 0.186. The molecule has 0 aliphatic carbocycles. The van der Waals surface area contributed by atoms with Crippen molar-refractivity contribution in [1.82, 2.24) is 14.5 Å². The van der Waals surface area contributed by atoms with Crippen molar-refractivity contribution in [3.63, 3.8) is 0 Å². The van der Waals surface area contributed by atoms with Crippen molar-refractivity contribution in [1.29, 1.82) is 0 Å². The van der Waals surface area contributed by atoms with Gasteiger partial charge in [0.25, 0.3) is 5.91 Å². The van der Waals surface area contributed by atoms with Crippen LogP contribution < -0.4 is 19.5 Å². The van der Waals surface area contributed by atoms with Gasteiger partial charge in [-0.25, -0.2) is 4.98 Å². The zero-order valence-electron chi connectivity index (χ0n) is 22.1. The number of carbonyl (C=O) groups is 2. The molecule has 1 heterocycles. The highest BCUT2D eigenvalue weighted by Crippen LogP contribution is 2.28. The summed E-state index contributed by atoms with van der Waals surface area (Å²) in [6.45, 7) is 3.72. The molecule has 0 spiro atoms. The molecule has 0 saturated heterocycles. The third-order valence-corrected chi connectivity index (χ3v) is 5.96. The van der Waals surface area contributed by atoms with Gasteiger partial charge in [0, 0.05) is 29.6 Å². The number of methoxy groups -OCH3 is 3. The Morgan fingerprint density at radius 1 is 0.923 bits per heavy atom. The molecule has 2 amide bonds. The van der Waals surface area contributed by atoms with Crippen LogP contribution in [0.5, 0.6) is 17.2 Å². The third kappa shape index (κ3) is 6.45. The summed E-state index contributed by atoms with van der Waals surface area (Å²) in [7, 11) is 4.73. The van der Waals surface area contributed by atoms with Crippen LogP contribution in [0.25, 0.3) is 16.9 Å². The molecule has 4 aromatic rings. The summed E-state index contributed by atoms with van der Waals surface area (Å²) in [5.74, 6) is 1.51. The monoisotopic (exact) mass is 526 g/mol. The number of anilines is 1. The number of hydrogen-bond donors (Lipinski definition) is 1. The van der Waals surface area contributed by atoms with Crippen LogP contribution in [-0.2, 0) is 4.79 Å². The predicted octanol–water partition coefficient (Wildman–Crippen LogP) is 4.83. The van der Waals surface area contributed by atoms with E-state index >= 15 is 0 Å². The van der Waals surface area contributed by atoms with Gasteiger partial charge in [-0.05, 0) is 54.6 Å². The van der Waals surface area contributed by atoms with E-state index in [0.717, 1.165) is 11.3 Å². The first kappa shape index (κ1) is 27.0. The zero-order chi connectivity index (χ0) is 27.8.